The Labute approximate surface area is 121 Å². The molecule has 0 aromatic heterocycles. The van der Waals surface area contributed by atoms with Gasteiger partial charge in [-0.3, -0.25) is 0 Å². The quantitative estimate of drug-likeness (QED) is 0.698. The van der Waals surface area contributed by atoms with Gasteiger partial charge in [-0.25, -0.2) is 0 Å². The lowest BCUT2D eigenvalue weighted by atomic mass is 9.92. The summed E-state index contributed by atoms with van der Waals surface area (Å²) >= 11 is 0. The lowest BCUT2D eigenvalue weighted by Gasteiger charge is -2.40. The van der Waals surface area contributed by atoms with Crippen LogP contribution >= 0.6 is 0 Å². The number of benzene rings is 1. The van der Waals surface area contributed by atoms with Crippen molar-refractivity contribution < 1.29 is 4.74 Å². The molecule has 0 amide bonds. The lowest BCUT2D eigenvalue weighted by molar-refractivity contribution is 0.213. The van der Waals surface area contributed by atoms with Gasteiger partial charge in [0, 0.05) is 6.54 Å². The Balaban J connectivity index is 0.000000581. The first kappa shape index (κ1) is 13.3. The molecule has 1 fully saturated rings. The summed E-state index contributed by atoms with van der Waals surface area (Å²) in [6.45, 7) is 9.43. The van der Waals surface area contributed by atoms with E-state index in [1.165, 1.54) is 28.8 Å². The summed E-state index contributed by atoms with van der Waals surface area (Å²) in [6.07, 6.45) is 5.96. The molecule has 0 spiro atoms. The fraction of sp³-hybridized carbons (Fsp3) is 0.444. The maximum Gasteiger partial charge on any atom is 0.143 e. The zero-order chi connectivity index (χ0) is 14.3. The molecule has 1 aliphatic carbocycles. The summed E-state index contributed by atoms with van der Waals surface area (Å²) in [5.41, 5.74) is 5.44. The third-order valence-corrected chi connectivity index (χ3v) is 4.20. The Kier molecular flexibility index (Phi) is 3.33. The van der Waals surface area contributed by atoms with Crippen LogP contribution in [0.3, 0.4) is 0 Å². The van der Waals surface area contributed by atoms with E-state index in [4.69, 9.17) is 4.74 Å². The molecule has 3 aliphatic rings. The molecule has 2 atom stereocenters. The van der Waals surface area contributed by atoms with E-state index in [9.17, 15) is 0 Å². The summed E-state index contributed by atoms with van der Waals surface area (Å²) in [5.74, 6) is 1.04. The number of ether oxygens (including phenoxy) is 1. The van der Waals surface area contributed by atoms with Crippen molar-refractivity contribution in [1.82, 2.24) is 0 Å². The Hall–Kier alpha value is -1.70. The molecule has 2 nitrogen and oxygen atoms in total. The van der Waals surface area contributed by atoms with Gasteiger partial charge in [-0.2, -0.15) is 0 Å². The lowest BCUT2D eigenvalue weighted by Crippen LogP contribution is -2.46. The summed E-state index contributed by atoms with van der Waals surface area (Å²) in [4.78, 5) is 2.52. The second-order valence-corrected chi connectivity index (χ2v) is 5.57. The Morgan fingerprint density at radius 3 is 2.80 bits per heavy atom. The number of hydrogen-bond donors (Lipinski definition) is 0. The first-order chi connectivity index (χ1) is 9.72. The van der Waals surface area contributed by atoms with Crippen LogP contribution in [0.15, 0.2) is 41.5 Å². The molecule has 2 heteroatoms. The molecule has 0 bridgehead atoms. The van der Waals surface area contributed by atoms with E-state index in [1.54, 1.807) is 0 Å². The Bertz CT molecular complexity index is 585. The number of nitrogens with zero attached hydrogens (tertiary/aromatic N) is 1. The maximum atomic E-state index is 6.18. The van der Waals surface area contributed by atoms with E-state index < -0.39 is 0 Å². The van der Waals surface area contributed by atoms with Crippen molar-refractivity contribution in [3.8, 4) is 5.75 Å². The first-order valence-electron chi connectivity index (χ1n) is 7.65. The molecule has 0 radical (unpaired) electrons. The highest BCUT2D eigenvalue weighted by Crippen LogP contribution is 2.44. The van der Waals surface area contributed by atoms with Crippen molar-refractivity contribution in [3.05, 3.63) is 47.1 Å². The van der Waals surface area contributed by atoms with Crippen molar-refractivity contribution in [1.29, 1.82) is 0 Å². The highest BCUT2D eigenvalue weighted by Gasteiger charge is 2.42. The third kappa shape index (κ3) is 1.94. The summed E-state index contributed by atoms with van der Waals surface area (Å²) < 4.78 is 6.18. The van der Waals surface area contributed by atoms with Crippen LogP contribution in [-0.2, 0) is 0 Å². The second-order valence-electron chi connectivity index (χ2n) is 5.57. The number of anilines is 1. The summed E-state index contributed by atoms with van der Waals surface area (Å²) in [5, 5.41) is 0. The molecule has 0 N–H and O–H groups in total. The molecule has 1 aromatic rings. The normalized spacial score (nSPS) is 25.5. The van der Waals surface area contributed by atoms with E-state index in [0.717, 1.165) is 12.3 Å². The van der Waals surface area contributed by atoms with Gasteiger partial charge in [-0.1, -0.05) is 31.6 Å². The van der Waals surface area contributed by atoms with Crippen molar-refractivity contribution in [3.63, 3.8) is 0 Å². The smallest absolute Gasteiger partial charge is 0.143 e. The standard InChI is InChI=1S/C16H17NO.C2H6/c1-10-3-4-14-13(8-10)17-6-5-12-7-11(2)9-15(18-14)16(12)17;1-2/h3-4,7-9,15-16H,5-6H2,1-2H3;1-2H3. The van der Waals surface area contributed by atoms with Crippen LogP contribution < -0.4 is 9.64 Å². The molecule has 20 heavy (non-hydrogen) atoms. The molecule has 106 valence electrons. The minimum Gasteiger partial charge on any atom is -0.482 e. The van der Waals surface area contributed by atoms with Crippen LogP contribution in [0.5, 0.6) is 5.75 Å². The van der Waals surface area contributed by atoms with Crippen LogP contribution in [0.4, 0.5) is 5.69 Å². The predicted molar refractivity (Wildman–Crippen MR) is 84.5 cm³/mol. The van der Waals surface area contributed by atoms with Gasteiger partial charge in [0.2, 0.25) is 0 Å². The van der Waals surface area contributed by atoms with E-state index in [-0.39, 0.29) is 6.10 Å². The Morgan fingerprint density at radius 2 is 2.00 bits per heavy atom. The number of rotatable bonds is 0. The fourth-order valence-electron chi connectivity index (χ4n) is 3.44. The number of allylic oxidation sites excluding steroid dienone is 2. The minimum atomic E-state index is 0.197. The summed E-state index contributed by atoms with van der Waals surface area (Å²) in [6, 6.07) is 6.92. The van der Waals surface area contributed by atoms with Crippen molar-refractivity contribution in [2.24, 2.45) is 0 Å². The summed E-state index contributed by atoms with van der Waals surface area (Å²) in [7, 11) is 0. The average molecular weight is 269 g/mol. The Morgan fingerprint density at radius 1 is 1.20 bits per heavy atom. The average Bonchev–Trinajstić information content (AvgIpc) is 2.87. The number of hydrogen-bond acceptors (Lipinski definition) is 2. The van der Waals surface area contributed by atoms with Gasteiger partial charge in [0.1, 0.15) is 11.9 Å². The number of fused-ring (bicyclic) bond motifs is 2. The molecule has 2 aliphatic heterocycles. The molecule has 2 unspecified atom stereocenters. The van der Waals surface area contributed by atoms with Crippen molar-refractivity contribution in [2.45, 2.75) is 46.3 Å². The highest BCUT2D eigenvalue weighted by molar-refractivity contribution is 5.66. The van der Waals surface area contributed by atoms with E-state index in [2.05, 4.69) is 49.1 Å². The van der Waals surface area contributed by atoms with E-state index in [0.29, 0.717) is 6.04 Å². The topological polar surface area (TPSA) is 12.5 Å². The first-order valence-corrected chi connectivity index (χ1v) is 7.65. The highest BCUT2D eigenvalue weighted by atomic mass is 16.5. The molecule has 0 saturated carbocycles. The molecule has 1 saturated heterocycles. The third-order valence-electron chi connectivity index (χ3n) is 4.20. The van der Waals surface area contributed by atoms with Gasteiger partial charge in [-0.15, -0.1) is 0 Å². The van der Waals surface area contributed by atoms with Crippen LogP contribution in [0, 0.1) is 6.92 Å². The van der Waals surface area contributed by atoms with E-state index >= 15 is 0 Å². The number of aryl methyl sites for hydroxylation is 1. The van der Waals surface area contributed by atoms with Crippen molar-refractivity contribution >= 4 is 5.69 Å². The van der Waals surface area contributed by atoms with Gasteiger partial charge < -0.3 is 9.64 Å². The zero-order valence-corrected chi connectivity index (χ0v) is 12.8. The predicted octanol–water partition coefficient (Wildman–Crippen LogP) is 4.25. The molecule has 2 heterocycles. The molecule has 4 rings (SSSR count). The van der Waals surface area contributed by atoms with Crippen LogP contribution in [0.2, 0.25) is 0 Å². The fourth-order valence-corrected chi connectivity index (χ4v) is 3.44. The maximum absolute atomic E-state index is 6.18. The monoisotopic (exact) mass is 269 g/mol. The van der Waals surface area contributed by atoms with E-state index in [1.807, 2.05) is 13.8 Å². The largest absolute Gasteiger partial charge is 0.482 e. The molecule has 1 aromatic carbocycles. The SMILES string of the molecule is CC.CC1=CC2Oc3ccc(C)cc3N3CCC(=C1)C23. The zero-order valence-electron chi connectivity index (χ0n) is 12.8. The van der Waals surface area contributed by atoms with Gasteiger partial charge in [-0.05, 0) is 49.6 Å². The van der Waals surface area contributed by atoms with Crippen molar-refractivity contribution in [2.75, 3.05) is 11.4 Å². The minimum absolute atomic E-state index is 0.197. The van der Waals surface area contributed by atoms with Gasteiger partial charge in [0.25, 0.3) is 0 Å². The van der Waals surface area contributed by atoms with Crippen LogP contribution in [-0.4, -0.2) is 18.7 Å². The van der Waals surface area contributed by atoms with Crippen LogP contribution in [0.1, 0.15) is 32.8 Å². The van der Waals surface area contributed by atoms with Gasteiger partial charge in [0.05, 0.1) is 11.7 Å². The van der Waals surface area contributed by atoms with Crippen LogP contribution in [0.25, 0.3) is 0 Å². The molecular formula is C18H23NO. The van der Waals surface area contributed by atoms with Gasteiger partial charge in [0.15, 0.2) is 0 Å². The second kappa shape index (κ2) is 5.01. The van der Waals surface area contributed by atoms with Gasteiger partial charge >= 0.3 is 0 Å². The molecular weight excluding hydrogens is 246 g/mol.